The molecule has 1 amide bonds. The minimum atomic E-state index is -0.289. The van der Waals surface area contributed by atoms with E-state index < -0.39 is 0 Å². The van der Waals surface area contributed by atoms with Crippen molar-refractivity contribution in [1.29, 1.82) is 0 Å². The van der Waals surface area contributed by atoms with Gasteiger partial charge in [-0.3, -0.25) is 0 Å². The minimum Gasteiger partial charge on any atom is -0.481 e. The molecule has 5 rings (SSSR count). The van der Waals surface area contributed by atoms with Gasteiger partial charge in [-0.1, -0.05) is 30.3 Å². The molecule has 2 heterocycles. The van der Waals surface area contributed by atoms with Crippen LogP contribution < -0.4 is 9.47 Å². The number of carbonyl (C=O) groups is 1. The average molecular weight is 470 g/mol. The van der Waals surface area contributed by atoms with Crippen LogP contribution in [0.2, 0.25) is 0 Å². The number of ether oxygens (including phenoxy) is 2. The summed E-state index contributed by atoms with van der Waals surface area (Å²) >= 11 is 0. The van der Waals surface area contributed by atoms with Crippen molar-refractivity contribution in [1.82, 2.24) is 14.5 Å². The zero-order valence-electron chi connectivity index (χ0n) is 20.7. The molecule has 0 aliphatic heterocycles. The third kappa shape index (κ3) is 4.48. The fourth-order valence-electron chi connectivity index (χ4n) is 4.71. The summed E-state index contributed by atoms with van der Waals surface area (Å²) in [6.07, 6.45) is 2.94. The van der Waals surface area contributed by atoms with Crippen LogP contribution in [0.4, 0.5) is 4.79 Å². The average Bonchev–Trinajstić information content (AvgIpc) is 3.20. The maximum Gasteiger partial charge on any atom is 0.415 e. The molecule has 2 aromatic carbocycles. The number of benzene rings is 2. The molecule has 0 spiro atoms. The number of aromatic nitrogens is 2. The lowest BCUT2D eigenvalue weighted by molar-refractivity contribution is 0.0469. The first-order valence-electron chi connectivity index (χ1n) is 12.1. The second kappa shape index (κ2) is 9.10. The molecular weight excluding hydrogens is 438 g/mol. The number of nitrogens with zero attached hydrogens (tertiary/aromatic N) is 3. The lowest BCUT2D eigenvalue weighted by atomic mass is 9.88. The van der Waals surface area contributed by atoms with Crippen LogP contribution in [0.1, 0.15) is 40.0 Å². The van der Waals surface area contributed by atoms with E-state index in [9.17, 15) is 4.79 Å². The first kappa shape index (κ1) is 23.0. The van der Waals surface area contributed by atoms with Crippen LogP contribution in [0.15, 0.2) is 72.8 Å². The highest BCUT2D eigenvalue weighted by Crippen LogP contribution is 2.34. The van der Waals surface area contributed by atoms with Crippen LogP contribution in [0, 0.1) is 0 Å². The fourth-order valence-corrected chi connectivity index (χ4v) is 4.71. The summed E-state index contributed by atoms with van der Waals surface area (Å²) in [5, 5.41) is 0. The van der Waals surface area contributed by atoms with Crippen molar-refractivity contribution in [3.8, 4) is 28.6 Å². The normalized spacial score (nSPS) is 13.9. The van der Waals surface area contributed by atoms with Crippen molar-refractivity contribution in [3.63, 3.8) is 0 Å². The summed E-state index contributed by atoms with van der Waals surface area (Å²) in [6, 6.07) is 24.1. The van der Waals surface area contributed by atoms with Crippen LogP contribution in [-0.2, 0) is 0 Å². The molecule has 0 unspecified atom stereocenters. The second-order valence-electron chi connectivity index (χ2n) is 9.98. The molecule has 1 aliphatic carbocycles. The lowest BCUT2D eigenvalue weighted by Gasteiger charge is -2.44. The zero-order valence-corrected chi connectivity index (χ0v) is 20.7. The Balaban J connectivity index is 1.48. The molecule has 1 aliphatic rings. The maximum atomic E-state index is 13.1. The van der Waals surface area contributed by atoms with E-state index in [1.165, 1.54) is 0 Å². The lowest BCUT2D eigenvalue weighted by Crippen LogP contribution is -2.55. The van der Waals surface area contributed by atoms with Gasteiger partial charge in [-0.2, -0.15) is 0 Å². The van der Waals surface area contributed by atoms with Gasteiger partial charge < -0.3 is 18.9 Å². The smallest absolute Gasteiger partial charge is 0.415 e. The highest BCUT2D eigenvalue weighted by molar-refractivity contribution is 5.87. The third-order valence-electron chi connectivity index (χ3n) is 6.57. The standard InChI is InChI=1S/C29H31N3O3/c1-29(2,3)32(22-11-8-12-22)28(33)35-23-15-13-21(14-16-23)31-25-17-18-27(34-4)30-24(25)19-26(31)20-9-6-5-7-10-20/h5-7,9-10,13-19,22H,8,11-12H2,1-4H3. The Hall–Kier alpha value is -3.80. The van der Waals surface area contributed by atoms with Crippen molar-refractivity contribution in [2.24, 2.45) is 0 Å². The molecule has 0 N–H and O–H groups in total. The zero-order chi connectivity index (χ0) is 24.6. The van der Waals surface area contributed by atoms with Crippen LogP contribution in [-0.4, -0.2) is 39.2 Å². The Morgan fingerprint density at radius 1 is 1.00 bits per heavy atom. The number of methoxy groups -OCH3 is 1. The van der Waals surface area contributed by atoms with Crippen LogP contribution in [0.25, 0.3) is 28.0 Å². The van der Waals surface area contributed by atoms with E-state index in [-0.39, 0.29) is 17.7 Å². The SMILES string of the molecule is COc1ccc2c(cc(-c3ccccc3)n2-c2ccc(OC(=O)N(C3CCC3)C(C)(C)C)cc2)n1. The number of carbonyl (C=O) groups excluding carboxylic acids is 1. The molecule has 6 nitrogen and oxygen atoms in total. The van der Waals surface area contributed by atoms with Gasteiger partial charge in [0, 0.05) is 23.3 Å². The van der Waals surface area contributed by atoms with Crippen molar-refractivity contribution in [2.75, 3.05) is 7.11 Å². The maximum absolute atomic E-state index is 13.1. The number of fused-ring (bicyclic) bond motifs is 1. The van der Waals surface area contributed by atoms with Gasteiger partial charge in [-0.05, 0) is 82.0 Å². The predicted octanol–water partition coefficient (Wildman–Crippen LogP) is 6.85. The summed E-state index contributed by atoms with van der Waals surface area (Å²) in [6.45, 7) is 6.17. The molecule has 0 atom stereocenters. The van der Waals surface area contributed by atoms with E-state index in [0.717, 1.165) is 47.2 Å². The molecule has 1 fully saturated rings. The third-order valence-corrected chi connectivity index (χ3v) is 6.57. The monoisotopic (exact) mass is 469 g/mol. The van der Waals surface area contributed by atoms with E-state index in [0.29, 0.717) is 11.6 Å². The molecular formula is C29H31N3O3. The quantitative estimate of drug-likeness (QED) is 0.321. The molecule has 0 radical (unpaired) electrons. The molecule has 1 saturated carbocycles. The Morgan fingerprint density at radius 3 is 2.31 bits per heavy atom. The van der Waals surface area contributed by atoms with E-state index in [1.807, 2.05) is 59.5 Å². The predicted molar refractivity (Wildman–Crippen MR) is 138 cm³/mol. The van der Waals surface area contributed by atoms with Gasteiger partial charge in [0.1, 0.15) is 5.75 Å². The number of rotatable bonds is 5. The van der Waals surface area contributed by atoms with Crippen LogP contribution in [0.3, 0.4) is 0 Å². The van der Waals surface area contributed by atoms with E-state index >= 15 is 0 Å². The molecule has 0 saturated heterocycles. The highest BCUT2D eigenvalue weighted by atomic mass is 16.6. The number of hydrogen-bond donors (Lipinski definition) is 0. The molecule has 0 bridgehead atoms. The molecule has 180 valence electrons. The molecule has 4 aromatic rings. The van der Waals surface area contributed by atoms with Crippen molar-refractivity contribution in [2.45, 2.75) is 51.6 Å². The van der Waals surface area contributed by atoms with Gasteiger partial charge in [-0.25, -0.2) is 9.78 Å². The highest BCUT2D eigenvalue weighted by Gasteiger charge is 2.37. The first-order valence-corrected chi connectivity index (χ1v) is 12.1. The summed E-state index contributed by atoms with van der Waals surface area (Å²) in [5.41, 5.74) is 4.59. The second-order valence-corrected chi connectivity index (χ2v) is 9.98. The minimum absolute atomic E-state index is 0.255. The number of amides is 1. The van der Waals surface area contributed by atoms with Crippen LogP contribution in [0.5, 0.6) is 11.6 Å². The molecule has 2 aromatic heterocycles. The molecule has 35 heavy (non-hydrogen) atoms. The van der Waals surface area contributed by atoms with Crippen LogP contribution >= 0.6 is 0 Å². The molecule has 6 heteroatoms. The Kier molecular flexibility index (Phi) is 5.97. The van der Waals surface area contributed by atoms with E-state index in [4.69, 9.17) is 9.47 Å². The van der Waals surface area contributed by atoms with Gasteiger partial charge in [0.05, 0.1) is 23.8 Å². The summed E-state index contributed by atoms with van der Waals surface area (Å²) in [4.78, 5) is 19.6. The van der Waals surface area contributed by atoms with Gasteiger partial charge in [0.25, 0.3) is 0 Å². The van der Waals surface area contributed by atoms with Gasteiger partial charge in [-0.15, -0.1) is 0 Å². The number of hydrogen-bond acceptors (Lipinski definition) is 4. The first-order chi connectivity index (χ1) is 16.8. The Morgan fingerprint density at radius 2 is 1.71 bits per heavy atom. The van der Waals surface area contributed by atoms with Crippen molar-refractivity contribution < 1.29 is 14.3 Å². The van der Waals surface area contributed by atoms with E-state index in [1.54, 1.807) is 7.11 Å². The van der Waals surface area contributed by atoms with Gasteiger partial charge in [0.15, 0.2) is 0 Å². The fraction of sp³-hybridized carbons (Fsp3) is 0.310. The number of pyridine rings is 1. The van der Waals surface area contributed by atoms with Crippen molar-refractivity contribution in [3.05, 3.63) is 72.8 Å². The Bertz CT molecular complexity index is 1330. The summed E-state index contributed by atoms with van der Waals surface area (Å²) < 4.78 is 13.3. The topological polar surface area (TPSA) is 56.6 Å². The van der Waals surface area contributed by atoms with E-state index in [2.05, 4.69) is 48.5 Å². The van der Waals surface area contributed by atoms with Crippen molar-refractivity contribution >= 4 is 17.1 Å². The summed E-state index contributed by atoms with van der Waals surface area (Å²) in [7, 11) is 1.62. The summed E-state index contributed by atoms with van der Waals surface area (Å²) in [5.74, 6) is 1.11. The Labute approximate surface area is 206 Å². The van der Waals surface area contributed by atoms with Gasteiger partial charge in [0.2, 0.25) is 5.88 Å². The van der Waals surface area contributed by atoms with Gasteiger partial charge >= 0.3 is 6.09 Å². The largest absolute Gasteiger partial charge is 0.481 e.